The Bertz CT molecular complexity index is 826. The first-order valence-corrected chi connectivity index (χ1v) is 8.25. The van der Waals surface area contributed by atoms with Gasteiger partial charge in [-0.25, -0.2) is 4.79 Å². The lowest BCUT2D eigenvalue weighted by molar-refractivity contribution is -0.169. The Morgan fingerprint density at radius 1 is 1.08 bits per heavy atom. The number of hydrogen-bond acceptors (Lipinski definition) is 6. The van der Waals surface area contributed by atoms with E-state index in [0.717, 1.165) is 5.69 Å². The van der Waals surface area contributed by atoms with Crippen LogP contribution in [0.3, 0.4) is 0 Å². The summed E-state index contributed by atoms with van der Waals surface area (Å²) in [7, 11) is 1.17. The molecule has 1 aromatic carbocycles. The van der Waals surface area contributed by atoms with Gasteiger partial charge in [0.15, 0.2) is 0 Å². The third-order valence-corrected chi connectivity index (χ3v) is 4.28. The first-order chi connectivity index (χ1) is 12.5. The lowest BCUT2D eigenvalue weighted by atomic mass is 10.1. The van der Waals surface area contributed by atoms with Gasteiger partial charge in [-0.15, -0.1) is 0 Å². The standard InChI is InChI=1S/C19H19NO6/c1-12(26-19(23)24-2)25-18(22)14-10-11-20-15(14)8-9-16(20)17(21)13-6-4-3-5-7-13/h3-9,12,14H,10-11H2,1-2H3. The fourth-order valence-electron chi connectivity index (χ4n) is 3.07. The van der Waals surface area contributed by atoms with Crippen molar-refractivity contribution in [2.45, 2.75) is 32.1 Å². The third-order valence-electron chi connectivity index (χ3n) is 4.28. The predicted octanol–water partition coefficient (Wildman–Crippen LogP) is 2.88. The van der Waals surface area contributed by atoms with Gasteiger partial charge in [0, 0.05) is 24.7 Å². The van der Waals surface area contributed by atoms with Crippen molar-refractivity contribution in [2.75, 3.05) is 7.11 Å². The van der Waals surface area contributed by atoms with E-state index in [1.165, 1.54) is 14.0 Å². The molecule has 0 radical (unpaired) electrons. The van der Waals surface area contributed by atoms with Crippen LogP contribution in [0.2, 0.25) is 0 Å². The molecule has 0 spiro atoms. The van der Waals surface area contributed by atoms with Gasteiger partial charge in [0.1, 0.15) is 0 Å². The molecule has 0 amide bonds. The Morgan fingerprint density at radius 3 is 2.50 bits per heavy atom. The molecule has 0 saturated carbocycles. The van der Waals surface area contributed by atoms with Crippen molar-refractivity contribution in [3.8, 4) is 0 Å². The number of rotatable bonds is 5. The highest BCUT2D eigenvalue weighted by Gasteiger charge is 2.34. The van der Waals surface area contributed by atoms with Crippen molar-refractivity contribution in [1.82, 2.24) is 4.57 Å². The number of nitrogens with zero attached hydrogens (tertiary/aromatic N) is 1. The van der Waals surface area contributed by atoms with Gasteiger partial charge in [-0.05, 0) is 18.6 Å². The Labute approximate surface area is 150 Å². The number of ether oxygens (including phenoxy) is 3. The van der Waals surface area contributed by atoms with Crippen LogP contribution in [0.1, 0.15) is 41.0 Å². The van der Waals surface area contributed by atoms with Gasteiger partial charge in [-0.1, -0.05) is 30.3 Å². The SMILES string of the molecule is COC(=O)OC(C)OC(=O)C1CCn2c(C(=O)c3ccccc3)ccc21. The maximum absolute atomic E-state index is 12.7. The predicted molar refractivity (Wildman–Crippen MR) is 90.7 cm³/mol. The molecular formula is C19H19NO6. The molecule has 1 aliphatic heterocycles. The molecule has 2 heterocycles. The summed E-state index contributed by atoms with van der Waals surface area (Å²) in [6.07, 6.45) is -1.45. The quantitative estimate of drug-likeness (QED) is 0.465. The summed E-state index contributed by atoms with van der Waals surface area (Å²) in [5.41, 5.74) is 1.86. The van der Waals surface area contributed by atoms with Crippen LogP contribution in [0.4, 0.5) is 4.79 Å². The fraction of sp³-hybridized carbons (Fsp3) is 0.316. The molecular weight excluding hydrogens is 338 g/mol. The lowest BCUT2D eigenvalue weighted by Gasteiger charge is -2.15. The second-order valence-corrected chi connectivity index (χ2v) is 5.91. The number of carbonyl (C=O) groups is 3. The van der Waals surface area contributed by atoms with E-state index in [4.69, 9.17) is 9.47 Å². The average molecular weight is 357 g/mol. The van der Waals surface area contributed by atoms with Crippen LogP contribution in [-0.4, -0.2) is 35.9 Å². The normalized spacial score (nSPS) is 16.5. The van der Waals surface area contributed by atoms with Gasteiger partial charge in [-0.3, -0.25) is 9.59 Å². The van der Waals surface area contributed by atoms with Gasteiger partial charge < -0.3 is 18.8 Å². The number of ketones is 1. The van der Waals surface area contributed by atoms with Crippen molar-refractivity contribution < 1.29 is 28.6 Å². The molecule has 26 heavy (non-hydrogen) atoms. The molecule has 2 unspecified atom stereocenters. The molecule has 0 aliphatic carbocycles. The molecule has 1 aliphatic rings. The lowest BCUT2D eigenvalue weighted by Crippen LogP contribution is -2.24. The maximum atomic E-state index is 12.7. The first-order valence-electron chi connectivity index (χ1n) is 8.25. The Hall–Kier alpha value is -3.09. The first kappa shape index (κ1) is 17.7. The highest BCUT2D eigenvalue weighted by Crippen LogP contribution is 2.32. The van der Waals surface area contributed by atoms with E-state index in [2.05, 4.69) is 4.74 Å². The zero-order valence-electron chi connectivity index (χ0n) is 14.5. The van der Waals surface area contributed by atoms with Gasteiger partial charge in [0.05, 0.1) is 18.7 Å². The van der Waals surface area contributed by atoms with Crippen LogP contribution in [0.25, 0.3) is 0 Å². The molecule has 2 aromatic rings. The van der Waals surface area contributed by atoms with Crippen molar-refractivity contribution in [2.24, 2.45) is 0 Å². The van der Waals surface area contributed by atoms with Crippen molar-refractivity contribution >= 4 is 17.9 Å². The zero-order chi connectivity index (χ0) is 18.7. The molecule has 7 heteroatoms. The highest BCUT2D eigenvalue weighted by molar-refractivity contribution is 6.08. The van der Waals surface area contributed by atoms with Crippen LogP contribution < -0.4 is 0 Å². The van der Waals surface area contributed by atoms with Gasteiger partial charge in [-0.2, -0.15) is 0 Å². The van der Waals surface area contributed by atoms with Crippen LogP contribution in [-0.2, 0) is 25.5 Å². The minimum atomic E-state index is -1.05. The summed E-state index contributed by atoms with van der Waals surface area (Å²) in [6, 6.07) is 12.5. The largest absolute Gasteiger partial charge is 0.511 e. The number of benzene rings is 1. The molecule has 2 atom stereocenters. The minimum absolute atomic E-state index is 0.0896. The second-order valence-electron chi connectivity index (χ2n) is 5.91. The van der Waals surface area contributed by atoms with Crippen LogP contribution in [0, 0.1) is 0 Å². The fourth-order valence-corrected chi connectivity index (χ4v) is 3.07. The molecule has 1 aromatic heterocycles. The summed E-state index contributed by atoms with van der Waals surface area (Å²) < 4.78 is 16.1. The summed E-state index contributed by atoms with van der Waals surface area (Å²) in [5, 5.41) is 0. The van der Waals surface area contributed by atoms with E-state index in [1.807, 2.05) is 22.8 Å². The number of hydrogen-bond donors (Lipinski definition) is 0. The van der Waals surface area contributed by atoms with Crippen molar-refractivity contribution in [1.29, 1.82) is 0 Å². The van der Waals surface area contributed by atoms with Crippen LogP contribution in [0.5, 0.6) is 0 Å². The van der Waals surface area contributed by atoms with Crippen LogP contribution >= 0.6 is 0 Å². The zero-order valence-corrected chi connectivity index (χ0v) is 14.5. The summed E-state index contributed by atoms with van der Waals surface area (Å²) >= 11 is 0. The molecule has 0 fully saturated rings. The summed E-state index contributed by atoms with van der Waals surface area (Å²) in [4.78, 5) is 36.1. The molecule has 0 N–H and O–H groups in total. The van der Waals surface area contributed by atoms with E-state index >= 15 is 0 Å². The summed E-state index contributed by atoms with van der Waals surface area (Å²) in [5.74, 6) is -1.10. The third kappa shape index (κ3) is 3.46. The van der Waals surface area contributed by atoms with Crippen molar-refractivity contribution in [3.05, 3.63) is 59.4 Å². The van der Waals surface area contributed by atoms with E-state index in [-0.39, 0.29) is 5.78 Å². The summed E-state index contributed by atoms with van der Waals surface area (Å²) in [6.45, 7) is 1.98. The highest BCUT2D eigenvalue weighted by atomic mass is 16.8. The topological polar surface area (TPSA) is 83.8 Å². The van der Waals surface area contributed by atoms with Gasteiger partial charge in [0.25, 0.3) is 0 Å². The Kier molecular flexibility index (Phi) is 5.06. The number of carbonyl (C=O) groups excluding carboxylic acids is 3. The van der Waals surface area contributed by atoms with E-state index in [9.17, 15) is 14.4 Å². The minimum Gasteiger partial charge on any atom is -0.438 e. The smallest absolute Gasteiger partial charge is 0.438 e. The number of esters is 1. The van der Waals surface area contributed by atoms with E-state index in [0.29, 0.717) is 24.2 Å². The van der Waals surface area contributed by atoms with Crippen molar-refractivity contribution in [3.63, 3.8) is 0 Å². The number of methoxy groups -OCH3 is 1. The molecule has 3 rings (SSSR count). The average Bonchev–Trinajstić information content (AvgIpc) is 3.23. The van der Waals surface area contributed by atoms with E-state index in [1.54, 1.807) is 24.3 Å². The molecule has 0 saturated heterocycles. The Morgan fingerprint density at radius 2 is 1.81 bits per heavy atom. The van der Waals surface area contributed by atoms with Gasteiger partial charge >= 0.3 is 12.1 Å². The maximum Gasteiger partial charge on any atom is 0.511 e. The van der Waals surface area contributed by atoms with Gasteiger partial charge in [0.2, 0.25) is 12.1 Å². The Balaban J connectivity index is 1.73. The number of aromatic nitrogens is 1. The van der Waals surface area contributed by atoms with E-state index < -0.39 is 24.3 Å². The second kappa shape index (κ2) is 7.43. The van der Waals surface area contributed by atoms with Crippen LogP contribution in [0.15, 0.2) is 42.5 Å². The molecule has 136 valence electrons. The molecule has 0 bridgehead atoms. The molecule has 7 nitrogen and oxygen atoms in total. The number of fused-ring (bicyclic) bond motifs is 1. The monoisotopic (exact) mass is 357 g/mol.